The molecule has 1 heterocycles. The quantitative estimate of drug-likeness (QED) is 0.753. The van der Waals surface area contributed by atoms with Gasteiger partial charge in [0.25, 0.3) is 0 Å². The Morgan fingerprint density at radius 1 is 1.33 bits per heavy atom. The summed E-state index contributed by atoms with van der Waals surface area (Å²) in [6.45, 7) is 0. The van der Waals surface area contributed by atoms with E-state index in [1.54, 1.807) is 18.4 Å². The number of Topliss-reactive ketones (excluding diaryl/α,β-unsaturated/α-hetero) is 1. The van der Waals surface area contributed by atoms with Crippen LogP contribution in [0, 0.1) is 0 Å². The number of thiophene rings is 1. The second-order valence-corrected chi connectivity index (χ2v) is 5.95. The number of carbonyl (C=O) groups is 1. The standard InChI is InChI=1S/C15H22O2S/c1-17-15(9-4-2-3-5-10-15)14(16)7-6-13-8-11-18-12-13/h8,11-12H,2-7,9-10H2,1H3. The van der Waals surface area contributed by atoms with E-state index in [1.165, 1.54) is 18.4 Å². The number of rotatable bonds is 5. The zero-order valence-corrected chi connectivity index (χ0v) is 11.9. The van der Waals surface area contributed by atoms with Gasteiger partial charge in [0.05, 0.1) is 0 Å². The van der Waals surface area contributed by atoms with Gasteiger partial charge in [0, 0.05) is 13.5 Å². The first-order valence-corrected chi connectivity index (χ1v) is 7.81. The third-order valence-corrected chi connectivity index (χ3v) is 4.76. The third kappa shape index (κ3) is 3.21. The highest BCUT2D eigenvalue weighted by Gasteiger charge is 2.37. The molecule has 0 bridgehead atoms. The van der Waals surface area contributed by atoms with Crippen molar-refractivity contribution in [3.8, 4) is 0 Å². The first-order valence-electron chi connectivity index (χ1n) is 6.86. The summed E-state index contributed by atoms with van der Waals surface area (Å²) in [5.74, 6) is 0.304. The number of methoxy groups -OCH3 is 1. The molecular weight excluding hydrogens is 244 g/mol. The highest BCUT2D eigenvalue weighted by atomic mass is 32.1. The predicted octanol–water partition coefficient (Wildman–Crippen LogP) is 3.99. The zero-order chi connectivity index (χ0) is 12.8. The lowest BCUT2D eigenvalue weighted by molar-refractivity contribution is -0.142. The molecule has 100 valence electrons. The Morgan fingerprint density at radius 3 is 2.61 bits per heavy atom. The molecule has 1 saturated carbocycles. The molecule has 1 aliphatic carbocycles. The van der Waals surface area contributed by atoms with Gasteiger partial charge < -0.3 is 4.74 Å². The number of hydrogen-bond acceptors (Lipinski definition) is 3. The molecule has 0 spiro atoms. The van der Waals surface area contributed by atoms with Gasteiger partial charge in [-0.3, -0.25) is 4.79 Å². The molecule has 0 unspecified atom stereocenters. The molecule has 0 atom stereocenters. The van der Waals surface area contributed by atoms with Crippen LogP contribution in [0.25, 0.3) is 0 Å². The van der Waals surface area contributed by atoms with E-state index in [-0.39, 0.29) is 0 Å². The molecular formula is C15H22O2S. The molecule has 1 fully saturated rings. The third-order valence-electron chi connectivity index (χ3n) is 4.03. The van der Waals surface area contributed by atoms with Crippen LogP contribution in [0.1, 0.15) is 50.5 Å². The van der Waals surface area contributed by atoms with Crippen molar-refractivity contribution in [3.63, 3.8) is 0 Å². The van der Waals surface area contributed by atoms with E-state index in [2.05, 4.69) is 16.8 Å². The van der Waals surface area contributed by atoms with Crippen molar-refractivity contribution in [1.29, 1.82) is 0 Å². The van der Waals surface area contributed by atoms with E-state index >= 15 is 0 Å². The molecule has 2 nitrogen and oxygen atoms in total. The summed E-state index contributed by atoms with van der Waals surface area (Å²) in [6, 6.07) is 2.10. The first kappa shape index (κ1) is 13.8. The van der Waals surface area contributed by atoms with Gasteiger partial charge in [-0.05, 0) is 41.7 Å². The lowest BCUT2D eigenvalue weighted by atomic mass is 9.86. The summed E-state index contributed by atoms with van der Waals surface area (Å²) in [5, 5.41) is 4.19. The lowest BCUT2D eigenvalue weighted by Gasteiger charge is -2.29. The number of ketones is 1. The first-order chi connectivity index (χ1) is 8.77. The number of ether oxygens (including phenoxy) is 1. The molecule has 2 rings (SSSR count). The molecule has 0 aliphatic heterocycles. The van der Waals surface area contributed by atoms with Crippen LogP contribution in [-0.4, -0.2) is 18.5 Å². The molecule has 0 radical (unpaired) electrons. The van der Waals surface area contributed by atoms with Crippen molar-refractivity contribution in [2.45, 2.75) is 57.0 Å². The van der Waals surface area contributed by atoms with Crippen LogP contribution in [0.4, 0.5) is 0 Å². The van der Waals surface area contributed by atoms with Gasteiger partial charge >= 0.3 is 0 Å². The molecule has 1 aliphatic rings. The molecule has 0 amide bonds. The Balaban J connectivity index is 1.95. The van der Waals surface area contributed by atoms with Gasteiger partial charge in [-0.15, -0.1) is 0 Å². The summed E-state index contributed by atoms with van der Waals surface area (Å²) in [7, 11) is 1.70. The molecule has 0 N–H and O–H groups in total. The fourth-order valence-corrected chi connectivity index (χ4v) is 3.52. The molecule has 3 heteroatoms. The normalized spacial score (nSPS) is 19.4. The fraction of sp³-hybridized carbons (Fsp3) is 0.667. The van der Waals surface area contributed by atoms with Crippen molar-refractivity contribution in [3.05, 3.63) is 22.4 Å². The minimum Gasteiger partial charge on any atom is -0.370 e. The molecule has 0 saturated heterocycles. The van der Waals surface area contributed by atoms with Crippen LogP contribution >= 0.6 is 11.3 Å². The van der Waals surface area contributed by atoms with Crippen LogP contribution in [-0.2, 0) is 16.0 Å². The van der Waals surface area contributed by atoms with E-state index in [0.717, 1.165) is 32.1 Å². The zero-order valence-electron chi connectivity index (χ0n) is 11.1. The average molecular weight is 266 g/mol. The second kappa shape index (κ2) is 6.48. The van der Waals surface area contributed by atoms with E-state index in [4.69, 9.17) is 4.74 Å². The predicted molar refractivity (Wildman–Crippen MR) is 75.1 cm³/mol. The van der Waals surface area contributed by atoms with Gasteiger partial charge in [-0.25, -0.2) is 0 Å². The molecule has 18 heavy (non-hydrogen) atoms. The van der Waals surface area contributed by atoms with E-state index in [0.29, 0.717) is 12.2 Å². The Morgan fingerprint density at radius 2 is 2.06 bits per heavy atom. The van der Waals surface area contributed by atoms with Crippen LogP contribution < -0.4 is 0 Å². The number of aryl methyl sites for hydroxylation is 1. The Bertz CT molecular complexity index is 362. The molecule has 1 aromatic heterocycles. The van der Waals surface area contributed by atoms with Crippen LogP contribution in [0.15, 0.2) is 16.8 Å². The summed E-state index contributed by atoms with van der Waals surface area (Å²) in [5.41, 5.74) is 0.792. The van der Waals surface area contributed by atoms with Crippen molar-refractivity contribution < 1.29 is 9.53 Å². The van der Waals surface area contributed by atoms with Gasteiger partial charge in [-0.2, -0.15) is 11.3 Å². The topological polar surface area (TPSA) is 26.3 Å². The maximum Gasteiger partial charge on any atom is 0.164 e. The highest BCUT2D eigenvalue weighted by Crippen LogP contribution is 2.32. The maximum absolute atomic E-state index is 12.5. The fourth-order valence-electron chi connectivity index (χ4n) is 2.82. The van der Waals surface area contributed by atoms with Gasteiger partial charge in [0.1, 0.15) is 5.60 Å². The van der Waals surface area contributed by atoms with Crippen molar-refractivity contribution in [1.82, 2.24) is 0 Å². The van der Waals surface area contributed by atoms with Crippen molar-refractivity contribution in [2.75, 3.05) is 7.11 Å². The lowest BCUT2D eigenvalue weighted by Crippen LogP contribution is -2.40. The monoisotopic (exact) mass is 266 g/mol. The minimum atomic E-state index is -0.480. The smallest absolute Gasteiger partial charge is 0.164 e. The minimum absolute atomic E-state index is 0.304. The second-order valence-electron chi connectivity index (χ2n) is 5.17. The van der Waals surface area contributed by atoms with E-state index < -0.39 is 5.60 Å². The SMILES string of the molecule is COC1(C(=O)CCc2ccsc2)CCCCCC1. The summed E-state index contributed by atoms with van der Waals surface area (Å²) in [4.78, 5) is 12.5. The van der Waals surface area contributed by atoms with Gasteiger partial charge in [0.2, 0.25) is 0 Å². The number of hydrogen-bond donors (Lipinski definition) is 0. The maximum atomic E-state index is 12.5. The van der Waals surface area contributed by atoms with Gasteiger partial charge in [-0.1, -0.05) is 25.7 Å². The van der Waals surface area contributed by atoms with E-state index in [9.17, 15) is 4.79 Å². The van der Waals surface area contributed by atoms with E-state index in [1.807, 2.05) is 0 Å². The Kier molecular flexibility index (Phi) is 4.95. The highest BCUT2D eigenvalue weighted by molar-refractivity contribution is 7.07. The van der Waals surface area contributed by atoms with Crippen molar-refractivity contribution >= 4 is 17.1 Å². The summed E-state index contributed by atoms with van der Waals surface area (Å²) < 4.78 is 5.64. The molecule has 1 aromatic rings. The Labute approximate surface area is 113 Å². The number of carbonyl (C=O) groups excluding carboxylic acids is 1. The van der Waals surface area contributed by atoms with Crippen LogP contribution in [0.3, 0.4) is 0 Å². The van der Waals surface area contributed by atoms with Crippen LogP contribution in [0.2, 0.25) is 0 Å². The largest absolute Gasteiger partial charge is 0.370 e. The average Bonchev–Trinajstić information content (AvgIpc) is 2.79. The molecule has 0 aromatic carbocycles. The van der Waals surface area contributed by atoms with Crippen LogP contribution in [0.5, 0.6) is 0 Å². The van der Waals surface area contributed by atoms with Gasteiger partial charge in [0.15, 0.2) is 5.78 Å². The summed E-state index contributed by atoms with van der Waals surface area (Å²) in [6.07, 6.45) is 8.01. The summed E-state index contributed by atoms with van der Waals surface area (Å²) >= 11 is 1.69. The van der Waals surface area contributed by atoms with Crippen molar-refractivity contribution in [2.24, 2.45) is 0 Å². The Hall–Kier alpha value is -0.670.